The average Bonchev–Trinajstić information content (AvgIpc) is 2.10. The molecule has 11 heavy (non-hydrogen) atoms. The van der Waals surface area contributed by atoms with E-state index >= 15 is 0 Å². The van der Waals surface area contributed by atoms with Crippen molar-refractivity contribution in [2.45, 2.75) is 0 Å². The van der Waals surface area contributed by atoms with Gasteiger partial charge in [0.25, 0.3) is 0 Å². The maximum Gasteiger partial charge on any atom is 0.0406 e. The first-order chi connectivity index (χ1) is 5.30. The van der Waals surface area contributed by atoms with Gasteiger partial charge in [-0.05, 0) is 5.56 Å². The van der Waals surface area contributed by atoms with E-state index in [4.69, 9.17) is 16.7 Å². The van der Waals surface area contributed by atoms with Crippen LogP contribution in [0.4, 0.5) is 0 Å². The van der Waals surface area contributed by atoms with Gasteiger partial charge in [-0.1, -0.05) is 48.5 Å². The molecule has 0 saturated heterocycles. The topological polar surface area (TPSA) is 20.2 Å². The van der Waals surface area contributed by atoms with E-state index in [1.165, 1.54) is 0 Å². The van der Waals surface area contributed by atoms with Crippen LogP contribution in [-0.4, -0.2) is 12.2 Å². The van der Waals surface area contributed by atoms with Crippen molar-refractivity contribution < 1.29 is 5.11 Å². The van der Waals surface area contributed by atoms with Gasteiger partial charge in [0.05, 0.1) is 0 Å². The summed E-state index contributed by atoms with van der Waals surface area (Å²) >= 11 is 5.61. The van der Waals surface area contributed by atoms with E-state index in [1.807, 2.05) is 30.3 Å². The van der Waals surface area contributed by atoms with Crippen LogP contribution in [0.2, 0.25) is 0 Å². The fourth-order valence-electron chi connectivity index (χ4n) is 0.619. The van der Waals surface area contributed by atoms with Crippen LogP contribution < -0.4 is 0 Å². The number of rotatable bonds is 1. The standard InChI is InChI=1S/C8H7Cl.CH4O/c1-7(9)8-5-3-2-4-6-8;1-2/h2-6H,1H2;2H,1H3. The second-order valence-electron chi connectivity index (χ2n) is 1.77. The van der Waals surface area contributed by atoms with Gasteiger partial charge in [-0.15, -0.1) is 0 Å². The Hall–Kier alpha value is -0.790. The highest BCUT2D eigenvalue weighted by molar-refractivity contribution is 6.48. The first-order valence-electron chi connectivity index (χ1n) is 3.15. The number of hydrogen-bond acceptors (Lipinski definition) is 1. The van der Waals surface area contributed by atoms with Crippen molar-refractivity contribution in [1.29, 1.82) is 0 Å². The minimum absolute atomic E-state index is 0.593. The summed E-state index contributed by atoms with van der Waals surface area (Å²) in [6.45, 7) is 3.59. The van der Waals surface area contributed by atoms with Crippen LogP contribution in [0, 0.1) is 0 Å². The number of hydrogen-bond donors (Lipinski definition) is 1. The fraction of sp³-hybridized carbons (Fsp3) is 0.111. The van der Waals surface area contributed by atoms with E-state index in [-0.39, 0.29) is 0 Å². The molecule has 0 aliphatic carbocycles. The van der Waals surface area contributed by atoms with Crippen molar-refractivity contribution in [2.75, 3.05) is 7.11 Å². The fourth-order valence-corrected chi connectivity index (χ4v) is 0.745. The molecule has 1 N–H and O–H groups in total. The SMILES string of the molecule is C=C(Cl)c1ccccc1.CO. The Labute approximate surface area is 71.9 Å². The van der Waals surface area contributed by atoms with Gasteiger partial charge in [-0.3, -0.25) is 0 Å². The molecule has 0 saturated carbocycles. The molecule has 0 spiro atoms. The van der Waals surface area contributed by atoms with E-state index in [2.05, 4.69) is 6.58 Å². The molecule has 0 bridgehead atoms. The number of benzene rings is 1. The van der Waals surface area contributed by atoms with Crippen molar-refractivity contribution >= 4 is 16.6 Å². The molecule has 2 heteroatoms. The second kappa shape index (κ2) is 5.96. The zero-order valence-corrected chi connectivity index (χ0v) is 7.17. The van der Waals surface area contributed by atoms with Crippen molar-refractivity contribution in [1.82, 2.24) is 0 Å². The van der Waals surface area contributed by atoms with E-state index in [0.717, 1.165) is 12.7 Å². The van der Waals surface area contributed by atoms with Gasteiger partial charge in [0.15, 0.2) is 0 Å². The third kappa shape index (κ3) is 3.81. The highest BCUT2D eigenvalue weighted by Gasteiger charge is 1.88. The molecular formula is C9H11ClO. The third-order valence-corrected chi connectivity index (χ3v) is 1.31. The molecule has 0 aliphatic heterocycles. The van der Waals surface area contributed by atoms with Gasteiger partial charge in [-0.25, -0.2) is 0 Å². The smallest absolute Gasteiger partial charge is 0.0406 e. The van der Waals surface area contributed by atoms with E-state index in [9.17, 15) is 0 Å². The van der Waals surface area contributed by atoms with Crippen LogP contribution in [0.25, 0.3) is 5.03 Å². The number of aliphatic hydroxyl groups is 1. The number of aliphatic hydroxyl groups excluding tert-OH is 1. The first kappa shape index (κ1) is 10.2. The quantitative estimate of drug-likeness (QED) is 0.687. The molecule has 0 aliphatic rings. The summed E-state index contributed by atoms with van der Waals surface area (Å²) in [5, 5.41) is 7.59. The number of halogens is 1. The van der Waals surface area contributed by atoms with Crippen LogP contribution in [-0.2, 0) is 0 Å². The van der Waals surface area contributed by atoms with Crippen LogP contribution >= 0.6 is 11.6 Å². The largest absolute Gasteiger partial charge is 0.400 e. The molecule has 1 aromatic rings. The molecule has 0 heterocycles. The van der Waals surface area contributed by atoms with Gasteiger partial charge >= 0.3 is 0 Å². The summed E-state index contributed by atoms with van der Waals surface area (Å²) in [7, 11) is 1.00. The molecule has 0 fully saturated rings. The van der Waals surface area contributed by atoms with Crippen LogP contribution in [0.3, 0.4) is 0 Å². The Morgan fingerprint density at radius 3 is 2.00 bits per heavy atom. The highest BCUT2D eigenvalue weighted by Crippen LogP contribution is 2.14. The Morgan fingerprint density at radius 1 is 1.27 bits per heavy atom. The zero-order chi connectivity index (χ0) is 8.69. The maximum atomic E-state index is 7.00. The third-order valence-electron chi connectivity index (χ3n) is 1.09. The molecule has 60 valence electrons. The van der Waals surface area contributed by atoms with Crippen molar-refractivity contribution in [3.8, 4) is 0 Å². The molecule has 1 nitrogen and oxygen atoms in total. The first-order valence-corrected chi connectivity index (χ1v) is 3.53. The summed E-state index contributed by atoms with van der Waals surface area (Å²) in [4.78, 5) is 0. The molecule has 1 aromatic carbocycles. The maximum absolute atomic E-state index is 7.00. The summed E-state index contributed by atoms with van der Waals surface area (Å²) in [5.74, 6) is 0. The van der Waals surface area contributed by atoms with Crippen molar-refractivity contribution in [2.24, 2.45) is 0 Å². The van der Waals surface area contributed by atoms with Crippen molar-refractivity contribution in [3.05, 3.63) is 42.5 Å². The molecule has 0 atom stereocenters. The normalized spacial score (nSPS) is 7.91. The lowest BCUT2D eigenvalue weighted by Crippen LogP contribution is -1.70. The summed E-state index contributed by atoms with van der Waals surface area (Å²) in [6, 6.07) is 9.67. The van der Waals surface area contributed by atoms with Gasteiger partial charge in [0, 0.05) is 12.1 Å². The van der Waals surface area contributed by atoms with Gasteiger partial charge in [0.1, 0.15) is 0 Å². The second-order valence-corrected chi connectivity index (χ2v) is 2.23. The zero-order valence-electron chi connectivity index (χ0n) is 6.42. The van der Waals surface area contributed by atoms with E-state index in [1.54, 1.807) is 0 Å². The van der Waals surface area contributed by atoms with Crippen LogP contribution in [0.15, 0.2) is 36.9 Å². The molecule has 0 amide bonds. The lowest BCUT2D eigenvalue weighted by atomic mass is 10.2. The van der Waals surface area contributed by atoms with Crippen LogP contribution in [0.5, 0.6) is 0 Å². The minimum Gasteiger partial charge on any atom is -0.400 e. The minimum atomic E-state index is 0.593. The molecule has 0 radical (unpaired) electrons. The van der Waals surface area contributed by atoms with Crippen LogP contribution in [0.1, 0.15) is 5.56 Å². The summed E-state index contributed by atoms with van der Waals surface area (Å²) in [5.41, 5.74) is 0.985. The van der Waals surface area contributed by atoms with Gasteiger partial charge in [-0.2, -0.15) is 0 Å². The lowest BCUT2D eigenvalue weighted by Gasteiger charge is -1.92. The Bertz CT molecular complexity index is 206. The summed E-state index contributed by atoms with van der Waals surface area (Å²) < 4.78 is 0. The molecule has 1 rings (SSSR count). The summed E-state index contributed by atoms with van der Waals surface area (Å²) in [6.07, 6.45) is 0. The van der Waals surface area contributed by atoms with Crippen molar-refractivity contribution in [3.63, 3.8) is 0 Å². The Balaban J connectivity index is 0.000000461. The predicted octanol–water partition coefficient (Wildman–Crippen LogP) is 2.50. The predicted molar refractivity (Wildman–Crippen MR) is 49.5 cm³/mol. The van der Waals surface area contributed by atoms with Gasteiger partial charge < -0.3 is 5.11 Å². The van der Waals surface area contributed by atoms with E-state index < -0.39 is 0 Å². The Kier molecular flexibility index (Phi) is 5.53. The molecular weight excluding hydrogens is 160 g/mol. The highest BCUT2D eigenvalue weighted by atomic mass is 35.5. The molecule has 0 unspecified atom stereocenters. The Morgan fingerprint density at radius 2 is 1.73 bits per heavy atom. The monoisotopic (exact) mass is 170 g/mol. The lowest BCUT2D eigenvalue weighted by molar-refractivity contribution is 0.399. The van der Waals surface area contributed by atoms with E-state index in [0.29, 0.717) is 5.03 Å². The van der Waals surface area contributed by atoms with Gasteiger partial charge in [0.2, 0.25) is 0 Å². The molecule has 0 aromatic heterocycles. The average molecular weight is 171 g/mol.